The Labute approximate surface area is 120 Å². The van der Waals surface area contributed by atoms with Gasteiger partial charge in [-0.05, 0) is 13.1 Å². The molecule has 6 heteroatoms. The smallest absolute Gasteiger partial charge is 0.146 e. The Morgan fingerprint density at radius 2 is 1.70 bits per heavy atom. The fraction of sp³-hybridized carbons (Fsp3) is 0.571. The molecule has 112 valence electrons. The van der Waals surface area contributed by atoms with Crippen LogP contribution in [-0.4, -0.2) is 63.3 Å². The lowest BCUT2D eigenvalue weighted by Gasteiger charge is -2.32. The number of piperazine rings is 1. The van der Waals surface area contributed by atoms with Crippen LogP contribution in [0.15, 0.2) is 12.1 Å². The summed E-state index contributed by atoms with van der Waals surface area (Å²) in [7, 11) is 3.73. The number of hydrogen-bond donors (Lipinski definition) is 2. The number of hydrogen-bond acceptors (Lipinski definition) is 6. The highest BCUT2D eigenvalue weighted by molar-refractivity contribution is 5.67. The number of methoxy groups -OCH3 is 1. The monoisotopic (exact) mass is 280 g/mol. The van der Waals surface area contributed by atoms with Gasteiger partial charge in [0.15, 0.2) is 0 Å². The van der Waals surface area contributed by atoms with Crippen molar-refractivity contribution in [3.8, 4) is 11.5 Å². The lowest BCUT2D eigenvalue weighted by atomic mass is 10.2. The van der Waals surface area contributed by atoms with Crippen LogP contribution in [0.2, 0.25) is 0 Å². The van der Waals surface area contributed by atoms with Crippen molar-refractivity contribution in [1.29, 1.82) is 0 Å². The fourth-order valence-corrected chi connectivity index (χ4v) is 2.25. The number of nitrogens with two attached hydrogens (primary N) is 2. The van der Waals surface area contributed by atoms with E-state index in [9.17, 15) is 0 Å². The van der Waals surface area contributed by atoms with E-state index in [4.69, 9.17) is 20.9 Å². The molecule has 0 atom stereocenters. The third-order valence-corrected chi connectivity index (χ3v) is 3.62. The first-order valence-electron chi connectivity index (χ1n) is 6.87. The Morgan fingerprint density at radius 3 is 2.35 bits per heavy atom. The van der Waals surface area contributed by atoms with Gasteiger partial charge in [-0.2, -0.15) is 0 Å². The molecule has 1 heterocycles. The molecule has 1 aromatic rings. The van der Waals surface area contributed by atoms with Crippen molar-refractivity contribution in [1.82, 2.24) is 9.80 Å². The van der Waals surface area contributed by atoms with Crippen molar-refractivity contribution < 1.29 is 9.47 Å². The molecule has 1 aromatic carbocycles. The van der Waals surface area contributed by atoms with Crippen molar-refractivity contribution in [2.75, 3.05) is 65.0 Å². The van der Waals surface area contributed by atoms with E-state index in [2.05, 4.69) is 16.8 Å². The number of likely N-dealkylation sites (N-methyl/N-ethyl adjacent to an activating group) is 1. The molecule has 0 bridgehead atoms. The van der Waals surface area contributed by atoms with E-state index in [0.29, 0.717) is 29.5 Å². The Balaban J connectivity index is 1.85. The van der Waals surface area contributed by atoms with Crippen molar-refractivity contribution >= 4 is 11.4 Å². The first kappa shape index (κ1) is 14.7. The average molecular weight is 280 g/mol. The SMILES string of the molecule is COc1cc(OCCN2CCN(C)CC2)c(N)cc1N. The Hall–Kier alpha value is -1.66. The Kier molecular flexibility index (Phi) is 4.92. The van der Waals surface area contributed by atoms with Gasteiger partial charge in [-0.1, -0.05) is 0 Å². The van der Waals surface area contributed by atoms with Crippen LogP contribution < -0.4 is 20.9 Å². The van der Waals surface area contributed by atoms with Gasteiger partial charge in [0.05, 0.1) is 18.5 Å². The zero-order valence-corrected chi connectivity index (χ0v) is 12.3. The third-order valence-electron chi connectivity index (χ3n) is 3.62. The van der Waals surface area contributed by atoms with Crippen LogP contribution >= 0.6 is 0 Å². The summed E-state index contributed by atoms with van der Waals surface area (Å²) < 4.78 is 10.9. The van der Waals surface area contributed by atoms with Gasteiger partial charge in [0.2, 0.25) is 0 Å². The number of ether oxygens (including phenoxy) is 2. The van der Waals surface area contributed by atoms with E-state index in [-0.39, 0.29) is 0 Å². The molecule has 0 spiro atoms. The first-order chi connectivity index (χ1) is 9.60. The molecule has 20 heavy (non-hydrogen) atoms. The number of nitrogens with zero attached hydrogens (tertiary/aromatic N) is 2. The summed E-state index contributed by atoms with van der Waals surface area (Å²) >= 11 is 0. The Bertz CT molecular complexity index is 445. The number of anilines is 2. The van der Waals surface area contributed by atoms with Gasteiger partial charge in [-0.3, -0.25) is 4.90 Å². The summed E-state index contributed by atoms with van der Waals surface area (Å²) in [6.45, 7) is 5.90. The van der Waals surface area contributed by atoms with Crippen LogP contribution in [0.5, 0.6) is 11.5 Å². The largest absolute Gasteiger partial charge is 0.494 e. The van der Waals surface area contributed by atoms with Crippen LogP contribution in [0, 0.1) is 0 Å². The van der Waals surface area contributed by atoms with Gasteiger partial charge < -0.3 is 25.8 Å². The lowest BCUT2D eigenvalue weighted by Crippen LogP contribution is -2.45. The summed E-state index contributed by atoms with van der Waals surface area (Å²) in [5.41, 5.74) is 12.8. The fourth-order valence-electron chi connectivity index (χ4n) is 2.25. The molecular formula is C14H24N4O2. The van der Waals surface area contributed by atoms with Crippen LogP contribution in [0.4, 0.5) is 11.4 Å². The normalized spacial score (nSPS) is 17.1. The van der Waals surface area contributed by atoms with Gasteiger partial charge in [0, 0.05) is 38.8 Å². The highest BCUT2D eigenvalue weighted by Gasteiger charge is 2.14. The molecule has 1 aliphatic heterocycles. The van der Waals surface area contributed by atoms with Crippen LogP contribution in [0.25, 0.3) is 0 Å². The second-order valence-corrected chi connectivity index (χ2v) is 5.13. The quantitative estimate of drug-likeness (QED) is 0.764. The van der Waals surface area contributed by atoms with Crippen molar-refractivity contribution in [2.24, 2.45) is 0 Å². The van der Waals surface area contributed by atoms with E-state index in [1.54, 1.807) is 19.2 Å². The molecule has 1 saturated heterocycles. The molecule has 0 aromatic heterocycles. The molecular weight excluding hydrogens is 256 g/mol. The van der Waals surface area contributed by atoms with E-state index in [1.165, 1.54) is 0 Å². The molecule has 4 N–H and O–H groups in total. The zero-order chi connectivity index (χ0) is 14.5. The summed E-state index contributed by atoms with van der Waals surface area (Å²) in [4.78, 5) is 4.73. The lowest BCUT2D eigenvalue weighted by molar-refractivity contribution is 0.134. The summed E-state index contributed by atoms with van der Waals surface area (Å²) in [6.07, 6.45) is 0. The molecule has 0 radical (unpaired) electrons. The van der Waals surface area contributed by atoms with Gasteiger partial charge in [-0.15, -0.1) is 0 Å². The van der Waals surface area contributed by atoms with Gasteiger partial charge in [0.25, 0.3) is 0 Å². The minimum Gasteiger partial charge on any atom is -0.494 e. The second kappa shape index (κ2) is 6.67. The van der Waals surface area contributed by atoms with Crippen molar-refractivity contribution in [2.45, 2.75) is 0 Å². The van der Waals surface area contributed by atoms with Gasteiger partial charge in [0.1, 0.15) is 18.1 Å². The third kappa shape index (κ3) is 3.68. The number of rotatable bonds is 5. The molecule has 0 aliphatic carbocycles. The first-order valence-corrected chi connectivity index (χ1v) is 6.87. The summed E-state index contributed by atoms with van der Waals surface area (Å²) in [5.74, 6) is 1.22. The van der Waals surface area contributed by atoms with Crippen LogP contribution in [0.1, 0.15) is 0 Å². The molecule has 1 fully saturated rings. The maximum Gasteiger partial charge on any atom is 0.146 e. The maximum atomic E-state index is 5.90. The van der Waals surface area contributed by atoms with Gasteiger partial charge in [-0.25, -0.2) is 0 Å². The van der Waals surface area contributed by atoms with Crippen LogP contribution in [0.3, 0.4) is 0 Å². The maximum absolute atomic E-state index is 5.90. The molecule has 2 rings (SSSR count). The van der Waals surface area contributed by atoms with E-state index in [0.717, 1.165) is 32.7 Å². The number of nitrogen functional groups attached to an aromatic ring is 2. The predicted molar refractivity (Wildman–Crippen MR) is 81.3 cm³/mol. The second-order valence-electron chi connectivity index (χ2n) is 5.13. The molecule has 0 saturated carbocycles. The van der Waals surface area contributed by atoms with E-state index < -0.39 is 0 Å². The zero-order valence-electron chi connectivity index (χ0n) is 12.3. The minimum atomic E-state index is 0.524. The molecule has 6 nitrogen and oxygen atoms in total. The summed E-state index contributed by atoms with van der Waals surface area (Å²) in [6, 6.07) is 3.42. The average Bonchev–Trinajstić information content (AvgIpc) is 2.43. The van der Waals surface area contributed by atoms with Gasteiger partial charge >= 0.3 is 0 Å². The molecule has 1 aliphatic rings. The minimum absolute atomic E-state index is 0.524. The molecule has 0 amide bonds. The predicted octanol–water partition coefficient (Wildman–Crippen LogP) is 0.486. The highest BCUT2D eigenvalue weighted by atomic mass is 16.5. The van der Waals surface area contributed by atoms with E-state index in [1.807, 2.05) is 0 Å². The Morgan fingerprint density at radius 1 is 1.05 bits per heavy atom. The van der Waals surface area contributed by atoms with Crippen LogP contribution in [-0.2, 0) is 0 Å². The topological polar surface area (TPSA) is 77.0 Å². The van der Waals surface area contributed by atoms with Crippen molar-refractivity contribution in [3.05, 3.63) is 12.1 Å². The van der Waals surface area contributed by atoms with E-state index >= 15 is 0 Å². The summed E-state index contributed by atoms with van der Waals surface area (Å²) in [5, 5.41) is 0. The molecule has 0 unspecified atom stereocenters. The number of benzene rings is 1. The highest BCUT2D eigenvalue weighted by Crippen LogP contribution is 2.32. The standard InChI is InChI=1S/C14H24N4O2/c1-17-3-5-18(6-4-17)7-8-20-14-10-13(19-2)11(15)9-12(14)16/h9-10H,3-8,15-16H2,1-2H3. The van der Waals surface area contributed by atoms with Crippen molar-refractivity contribution in [3.63, 3.8) is 0 Å².